The number of nitro benzene ring substituents is 1. The number of anilines is 3. The van der Waals surface area contributed by atoms with Gasteiger partial charge in [-0.05, 0) is 41.3 Å². The minimum absolute atomic E-state index is 0.0552. The predicted octanol–water partition coefficient (Wildman–Crippen LogP) is 4.70. The zero-order valence-electron chi connectivity index (χ0n) is 25.2. The minimum Gasteiger partial charge on any atom is -0.494 e. The van der Waals surface area contributed by atoms with Crippen LogP contribution < -0.4 is 20.3 Å². The molecule has 12 nitrogen and oxygen atoms in total. The van der Waals surface area contributed by atoms with Crippen molar-refractivity contribution in [1.29, 1.82) is 0 Å². The fourth-order valence-corrected chi connectivity index (χ4v) is 4.28. The fourth-order valence-electron chi connectivity index (χ4n) is 4.09. The number of aromatic nitrogens is 3. The zero-order chi connectivity index (χ0) is 30.8. The Hall–Kier alpha value is -3.97. The summed E-state index contributed by atoms with van der Waals surface area (Å²) in [6.07, 6.45) is 3.34. The molecule has 2 heterocycles. The maximum atomic E-state index is 11.9. The predicted molar refractivity (Wildman–Crippen MR) is 172 cm³/mol. The Balaban J connectivity index is 0.000000616. The van der Waals surface area contributed by atoms with Crippen molar-refractivity contribution in [3.8, 4) is 17.0 Å². The standard InChI is InChI=1S/C24H26ClN7O3.C5H14N2/c1-30(2)9-10-31(3)20-12-22(35-4)19(11-21(20)32(33)34)28-24-27-14-17(25)23(29-24)16-13-26-18-8-6-5-7-15(16)18;1-6-4-5-7(2)3/h5-8,11-14,26H,9-10H2,1-4H3,(H,27,28,29);6H,4-5H2,1-3H3. The third-order valence-corrected chi connectivity index (χ3v) is 6.71. The molecule has 0 saturated heterocycles. The Morgan fingerprint density at radius 3 is 2.40 bits per heavy atom. The van der Waals surface area contributed by atoms with E-state index in [2.05, 4.69) is 44.6 Å². The zero-order valence-corrected chi connectivity index (χ0v) is 26.0. The van der Waals surface area contributed by atoms with Crippen molar-refractivity contribution in [2.45, 2.75) is 0 Å². The van der Waals surface area contributed by atoms with Crippen LogP contribution in [0.25, 0.3) is 22.2 Å². The molecule has 3 N–H and O–H groups in total. The lowest BCUT2D eigenvalue weighted by Crippen LogP contribution is -2.28. The number of halogens is 1. The number of nitrogens with one attached hydrogen (secondary N) is 3. The quantitative estimate of drug-likeness (QED) is 0.156. The molecule has 0 aliphatic rings. The van der Waals surface area contributed by atoms with Crippen molar-refractivity contribution < 1.29 is 9.66 Å². The van der Waals surface area contributed by atoms with Gasteiger partial charge in [-0.3, -0.25) is 10.1 Å². The van der Waals surface area contributed by atoms with Crippen LogP contribution in [0.5, 0.6) is 5.75 Å². The molecule has 0 amide bonds. The molecule has 42 heavy (non-hydrogen) atoms. The van der Waals surface area contributed by atoms with E-state index in [1.54, 1.807) is 6.07 Å². The summed E-state index contributed by atoms with van der Waals surface area (Å²) in [6, 6.07) is 10.9. The Morgan fingerprint density at radius 1 is 1.07 bits per heavy atom. The van der Waals surface area contributed by atoms with Gasteiger partial charge in [0.25, 0.3) is 5.69 Å². The number of para-hydroxylation sites is 1. The van der Waals surface area contributed by atoms with Crippen molar-refractivity contribution in [2.75, 3.05) is 85.8 Å². The van der Waals surface area contributed by atoms with Crippen LogP contribution in [0.1, 0.15) is 0 Å². The third kappa shape index (κ3) is 8.52. The van der Waals surface area contributed by atoms with Gasteiger partial charge in [0.05, 0.1) is 34.6 Å². The van der Waals surface area contributed by atoms with Gasteiger partial charge in [0.2, 0.25) is 5.95 Å². The van der Waals surface area contributed by atoms with Crippen molar-refractivity contribution in [2.24, 2.45) is 0 Å². The van der Waals surface area contributed by atoms with Crippen LogP contribution in [0.3, 0.4) is 0 Å². The van der Waals surface area contributed by atoms with E-state index < -0.39 is 4.92 Å². The maximum absolute atomic E-state index is 11.9. The van der Waals surface area contributed by atoms with E-state index in [9.17, 15) is 10.1 Å². The highest BCUT2D eigenvalue weighted by molar-refractivity contribution is 6.33. The molecule has 4 aromatic rings. The van der Waals surface area contributed by atoms with Gasteiger partial charge in [-0.15, -0.1) is 0 Å². The molecule has 226 valence electrons. The van der Waals surface area contributed by atoms with Gasteiger partial charge in [0, 0.05) is 68.0 Å². The first-order valence-electron chi connectivity index (χ1n) is 13.4. The molecule has 0 unspecified atom stereocenters. The van der Waals surface area contributed by atoms with E-state index in [1.165, 1.54) is 19.4 Å². The van der Waals surface area contributed by atoms with Crippen molar-refractivity contribution in [3.05, 3.63) is 63.9 Å². The summed E-state index contributed by atoms with van der Waals surface area (Å²) in [5.41, 5.74) is 3.09. The summed E-state index contributed by atoms with van der Waals surface area (Å²) < 4.78 is 5.54. The molecule has 0 aliphatic carbocycles. The van der Waals surface area contributed by atoms with Gasteiger partial charge < -0.3 is 35.1 Å². The number of nitro groups is 1. The topological polar surface area (TPSA) is 128 Å². The van der Waals surface area contributed by atoms with Crippen LogP contribution >= 0.6 is 11.6 Å². The Bertz CT molecular complexity index is 1480. The molecule has 0 saturated carbocycles. The number of fused-ring (bicyclic) bond motifs is 1. The Morgan fingerprint density at radius 2 is 1.79 bits per heavy atom. The highest BCUT2D eigenvalue weighted by Gasteiger charge is 2.23. The molecular formula is C29H40ClN9O3. The van der Waals surface area contributed by atoms with Crippen molar-refractivity contribution >= 4 is 45.5 Å². The van der Waals surface area contributed by atoms with E-state index in [0.29, 0.717) is 34.4 Å². The van der Waals surface area contributed by atoms with Gasteiger partial charge in [0.1, 0.15) is 11.4 Å². The van der Waals surface area contributed by atoms with Crippen molar-refractivity contribution in [1.82, 2.24) is 30.1 Å². The number of likely N-dealkylation sites (N-methyl/N-ethyl adjacent to an activating group) is 4. The van der Waals surface area contributed by atoms with Crippen LogP contribution in [-0.2, 0) is 0 Å². The average Bonchev–Trinajstić information content (AvgIpc) is 3.39. The first-order chi connectivity index (χ1) is 20.0. The second-order valence-corrected chi connectivity index (χ2v) is 10.6. The molecule has 0 fully saturated rings. The van der Waals surface area contributed by atoms with E-state index in [4.69, 9.17) is 16.3 Å². The normalized spacial score (nSPS) is 11.0. The summed E-state index contributed by atoms with van der Waals surface area (Å²) in [6.45, 7) is 3.55. The van der Waals surface area contributed by atoms with Gasteiger partial charge in [0.15, 0.2) is 0 Å². The number of rotatable bonds is 12. The SMILES string of the molecule is CNCCN(C)C.COc1cc(N(C)CCN(C)C)c([N+](=O)[O-])cc1Nc1ncc(Cl)c(-c2c[nH]c3ccccc23)n1. The van der Waals surface area contributed by atoms with Crippen LogP contribution in [0, 0.1) is 10.1 Å². The third-order valence-electron chi connectivity index (χ3n) is 6.43. The number of methoxy groups -OCH3 is 1. The van der Waals surface area contributed by atoms with Crippen LogP contribution in [-0.4, -0.2) is 105 Å². The summed E-state index contributed by atoms with van der Waals surface area (Å²) >= 11 is 6.43. The molecule has 0 bridgehead atoms. The number of benzene rings is 2. The number of nitrogens with zero attached hydrogens (tertiary/aromatic N) is 6. The van der Waals surface area contributed by atoms with Gasteiger partial charge in [-0.25, -0.2) is 9.97 Å². The maximum Gasteiger partial charge on any atom is 0.294 e. The van der Waals surface area contributed by atoms with Gasteiger partial charge in [-0.2, -0.15) is 0 Å². The first kappa shape index (κ1) is 32.5. The van der Waals surface area contributed by atoms with Crippen LogP contribution in [0.4, 0.5) is 23.0 Å². The summed E-state index contributed by atoms with van der Waals surface area (Å²) in [5, 5.41) is 19.4. The van der Waals surface area contributed by atoms with E-state index in [0.717, 1.165) is 36.1 Å². The largest absolute Gasteiger partial charge is 0.494 e. The molecule has 0 aliphatic heterocycles. The molecule has 0 atom stereocenters. The molecule has 2 aromatic carbocycles. The number of hydrogen-bond donors (Lipinski definition) is 3. The van der Waals surface area contributed by atoms with E-state index in [1.807, 2.05) is 68.5 Å². The van der Waals surface area contributed by atoms with E-state index >= 15 is 0 Å². The minimum atomic E-state index is -0.411. The highest BCUT2D eigenvalue weighted by Crippen LogP contribution is 2.39. The lowest BCUT2D eigenvalue weighted by atomic mass is 10.1. The molecule has 2 aromatic heterocycles. The summed E-state index contributed by atoms with van der Waals surface area (Å²) in [7, 11) is 13.3. The van der Waals surface area contributed by atoms with Gasteiger partial charge >= 0.3 is 0 Å². The number of ether oxygens (including phenoxy) is 1. The summed E-state index contributed by atoms with van der Waals surface area (Å²) in [4.78, 5) is 29.6. The number of H-pyrrole nitrogens is 1. The average molecular weight is 598 g/mol. The summed E-state index contributed by atoms with van der Waals surface area (Å²) in [5.74, 6) is 0.658. The molecule has 13 heteroatoms. The lowest BCUT2D eigenvalue weighted by molar-refractivity contribution is -0.384. The number of aromatic amines is 1. The van der Waals surface area contributed by atoms with Crippen molar-refractivity contribution in [3.63, 3.8) is 0 Å². The Kier molecular flexibility index (Phi) is 11.9. The molecule has 0 radical (unpaired) electrons. The monoisotopic (exact) mass is 597 g/mol. The van der Waals surface area contributed by atoms with Gasteiger partial charge in [-0.1, -0.05) is 29.8 Å². The molecule has 4 rings (SSSR count). The first-order valence-corrected chi connectivity index (χ1v) is 13.8. The molecular weight excluding hydrogens is 558 g/mol. The van der Waals surface area contributed by atoms with Crippen LogP contribution in [0.2, 0.25) is 5.02 Å². The van der Waals surface area contributed by atoms with Crippen LogP contribution in [0.15, 0.2) is 48.8 Å². The number of hydrogen-bond acceptors (Lipinski definition) is 10. The highest BCUT2D eigenvalue weighted by atomic mass is 35.5. The fraction of sp³-hybridized carbons (Fsp3) is 0.379. The smallest absolute Gasteiger partial charge is 0.294 e. The lowest BCUT2D eigenvalue weighted by Gasteiger charge is -2.22. The second kappa shape index (κ2) is 15.3. The molecule has 0 spiro atoms. The Labute approximate surface area is 251 Å². The van der Waals surface area contributed by atoms with E-state index in [-0.39, 0.29) is 11.6 Å². The second-order valence-electron chi connectivity index (χ2n) is 10.2.